The van der Waals surface area contributed by atoms with Crippen molar-refractivity contribution in [3.05, 3.63) is 12.0 Å². The average molecular weight is 291 g/mol. The van der Waals surface area contributed by atoms with E-state index < -0.39 is 0 Å². The molecule has 2 aromatic rings. The van der Waals surface area contributed by atoms with Gasteiger partial charge in [0.25, 0.3) is 12.2 Å². The van der Waals surface area contributed by atoms with Crippen molar-refractivity contribution in [3.63, 3.8) is 0 Å². The maximum atomic E-state index is 8.36. The first-order valence-electron chi connectivity index (χ1n) is 6.67. The third-order valence-corrected chi connectivity index (χ3v) is 3.99. The molecule has 1 N–H and O–H groups in total. The van der Waals surface area contributed by atoms with E-state index in [-0.39, 0.29) is 6.47 Å². The van der Waals surface area contributed by atoms with Gasteiger partial charge in [-0.15, -0.1) is 0 Å². The van der Waals surface area contributed by atoms with Crippen LogP contribution in [0.15, 0.2) is 10.9 Å². The van der Waals surface area contributed by atoms with Gasteiger partial charge in [0.2, 0.25) is 0 Å². The molecule has 0 bridgehead atoms. The number of rotatable bonds is 1. The molecule has 0 atom stereocenters. The number of likely N-dealkylation sites (tertiary alicyclic amines) is 1. The Balaban J connectivity index is 0.000000409. The second-order valence-electron chi connectivity index (χ2n) is 5.78. The molecular weight excluding hydrogens is 274 g/mol. The minimum atomic E-state index is -0.250. The van der Waals surface area contributed by atoms with Crippen molar-refractivity contribution >= 4 is 23.4 Å². The van der Waals surface area contributed by atoms with Gasteiger partial charge in [0, 0.05) is 31.6 Å². The predicted molar refractivity (Wildman–Crippen MR) is 75.2 cm³/mol. The Morgan fingerprint density at radius 3 is 2.62 bits per heavy atom. The molecule has 1 spiro atoms. The average Bonchev–Trinajstić information content (AvgIpc) is 2.75. The number of aryl methyl sites for hydroxylation is 1. The molecule has 0 aromatic carbocycles. The van der Waals surface area contributed by atoms with E-state index in [2.05, 4.69) is 32.0 Å². The highest BCUT2D eigenvalue weighted by Crippen LogP contribution is 2.42. The third-order valence-electron chi connectivity index (χ3n) is 3.99. The van der Waals surface area contributed by atoms with Crippen molar-refractivity contribution in [2.75, 3.05) is 38.1 Å². The molecule has 2 aliphatic heterocycles. The second-order valence-corrected chi connectivity index (χ2v) is 5.78. The van der Waals surface area contributed by atoms with Crippen LogP contribution in [-0.2, 0) is 4.79 Å². The van der Waals surface area contributed by atoms with E-state index in [0.29, 0.717) is 11.1 Å². The molecule has 2 fully saturated rings. The molecule has 4 rings (SSSR count). The number of hydrogen-bond donors (Lipinski definition) is 1. The van der Waals surface area contributed by atoms with Crippen LogP contribution in [0.25, 0.3) is 11.1 Å². The van der Waals surface area contributed by atoms with E-state index >= 15 is 0 Å². The van der Waals surface area contributed by atoms with Gasteiger partial charge in [-0.2, -0.15) is 4.98 Å². The normalized spacial score (nSPS) is 19.6. The standard InChI is InChI=1S/C12H15N5O.CH2O2/c1-8-9-10(13-7-14-11(9)18-15-8)17-5-12(6-17)3-16(2)4-12;2-1-3/h7H,3-6H2,1-2H3;1H,(H,2,3). The monoisotopic (exact) mass is 291 g/mol. The van der Waals surface area contributed by atoms with Gasteiger partial charge in [-0.05, 0) is 14.0 Å². The summed E-state index contributed by atoms with van der Waals surface area (Å²) < 4.78 is 5.18. The Morgan fingerprint density at radius 1 is 1.33 bits per heavy atom. The number of hydrogen-bond acceptors (Lipinski definition) is 7. The Hall–Kier alpha value is -2.22. The smallest absolute Gasteiger partial charge is 0.290 e. The summed E-state index contributed by atoms with van der Waals surface area (Å²) in [6, 6.07) is 0. The van der Waals surface area contributed by atoms with Crippen LogP contribution in [0.2, 0.25) is 0 Å². The van der Waals surface area contributed by atoms with Gasteiger partial charge >= 0.3 is 0 Å². The first-order valence-corrected chi connectivity index (χ1v) is 6.67. The molecule has 0 saturated carbocycles. The zero-order chi connectivity index (χ0) is 15.0. The molecule has 21 heavy (non-hydrogen) atoms. The Bertz CT molecular complexity index is 657. The minimum absolute atomic E-state index is 0.250. The topological polar surface area (TPSA) is 95.6 Å². The van der Waals surface area contributed by atoms with Gasteiger partial charge in [0.1, 0.15) is 17.5 Å². The molecule has 2 aliphatic rings. The zero-order valence-corrected chi connectivity index (χ0v) is 12.0. The second kappa shape index (κ2) is 4.96. The molecule has 112 valence electrons. The van der Waals surface area contributed by atoms with Crippen molar-refractivity contribution in [2.45, 2.75) is 6.92 Å². The van der Waals surface area contributed by atoms with Crippen LogP contribution in [0.1, 0.15) is 5.69 Å². The largest absolute Gasteiger partial charge is 0.483 e. The van der Waals surface area contributed by atoms with E-state index in [4.69, 9.17) is 14.4 Å². The fraction of sp³-hybridized carbons (Fsp3) is 0.538. The van der Waals surface area contributed by atoms with Crippen molar-refractivity contribution in [1.29, 1.82) is 0 Å². The lowest BCUT2D eigenvalue weighted by Crippen LogP contribution is -2.71. The maximum absolute atomic E-state index is 8.36. The molecule has 2 saturated heterocycles. The van der Waals surface area contributed by atoms with Gasteiger partial charge in [0.05, 0.1) is 5.69 Å². The van der Waals surface area contributed by atoms with E-state index in [9.17, 15) is 0 Å². The van der Waals surface area contributed by atoms with Crippen LogP contribution in [0.4, 0.5) is 5.82 Å². The molecule has 8 heteroatoms. The molecule has 2 aromatic heterocycles. The summed E-state index contributed by atoms with van der Waals surface area (Å²) in [7, 11) is 2.17. The fourth-order valence-electron chi connectivity index (χ4n) is 3.36. The highest BCUT2D eigenvalue weighted by molar-refractivity contribution is 5.88. The SMILES string of the molecule is Cc1noc2ncnc(N3CC4(CN(C)C4)C3)c12.O=CO. The Labute approximate surface area is 121 Å². The number of aromatic nitrogens is 3. The number of carboxylic acid groups (broad SMARTS) is 1. The summed E-state index contributed by atoms with van der Waals surface area (Å²) in [5.74, 6) is 0.971. The molecule has 0 amide bonds. The molecule has 0 unspecified atom stereocenters. The van der Waals surface area contributed by atoms with Crippen molar-refractivity contribution < 1.29 is 14.4 Å². The molecule has 8 nitrogen and oxygen atoms in total. The van der Waals surface area contributed by atoms with Gasteiger partial charge in [-0.1, -0.05) is 5.16 Å². The molecular formula is C13H17N5O3. The van der Waals surface area contributed by atoms with Gasteiger partial charge in [-0.25, -0.2) is 4.98 Å². The first-order chi connectivity index (χ1) is 10.1. The highest BCUT2D eigenvalue weighted by Gasteiger charge is 2.51. The zero-order valence-electron chi connectivity index (χ0n) is 12.0. The van der Waals surface area contributed by atoms with Gasteiger partial charge in [0.15, 0.2) is 0 Å². The fourth-order valence-corrected chi connectivity index (χ4v) is 3.36. The van der Waals surface area contributed by atoms with Gasteiger partial charge in [-0.3, -0.25) is 4.79 Å². The molecule has 0 aliphatic carbocycles. The maximum Gasteiger partial charge on any atom is 0.290 e. The van der Waals surface area contributed by atoms with E-state index in [1.54, 1.807) is 6.33 Å². The van der Waals surface area contributed by atoms with Crippen LogP contribution in [-0.4, -0.2) is 64.8 Å². The van der Waals surface area contributed by atoms with Crippen molar-refractivity contribution in [1.82, 2.24) is 20.0 Å². The van der Waals surface area contributed by atoms with Crippen LogP contribution < -0.4 is 4.90 Å². The Kier molecular flexibility index (Phi) is 3.25. The Morgan fingerprint density at radius 2 is 2.00 bits per heavy atom. The number of fused-ring (bicyclic) bond motifs is 1. The van der Waals surface area contributed by atoms with Crippen LogP contribution in [0.3, 0.4) is 0 Å². The van der Waals surface area contributed by atoms with Crippen LogP contribution >= 0.6 is 0 Å². The van der Waals surface area contributed by atoms with Crippen molar-refractivity contribution in [2.24, 2.45) is 5.41 Å². The first kappa shape index (κ1) is 13.7. The molecule has 4 heterocycles. The summed E-state index contributed by atoms with van der Waals surface area (Å²) in [6.07, 6.45) is 1.56. The summed E-state index contributed by atoms with van der Waals surface area (Å²) in [6.45, 7) is 6.23. The van der Waals surface area contributed by atoms with Gasteiger partial charge < -0.3 is 19.4 Å². The lowest BCUT2D eigenvalue weighted by atomic mass is 9.73. The summed E-state index contributed by atoms with van der Waals surface area (Å²) in [4.78, 5) is 21.5. The summed E-state index contributed by atoms with van der Waals surface area (Å²) in [5, 5.41) is 11.8. The lowest BCUT2D eigenvalue weighted by molar-refractivity contribution is -0.122. The van der Waals surface area contributed by atoms with E-state index in [0.717, 1.165) is 30.0 Å². The van der Waals surface area contributed by atoms with E-state index in [1.165, 1.54) is 13.1 Å². The number of anilines is 1. The van der Waals surface area contributed by atoms with Crippen LogP contribution in [0.5, 0.6) is 0 Å². The quantitative estimate of drug-likeness (QED) is 0.753. The predicted octanol–water partition coefficient (Wildman–Crippen LogP) is 0.379. The highest BCUT2D eigenvalue weighted by atomic mass is 16.5. The van der Waals surface area contributed by atoms with Crippen molar-refractivity contribution in [3.8, 4) is 0 Å². The number of carbonyl (C=O) groups is 1. The molecule has 0 radical (unpaired) electrons. The minimum Gasteiger partial charge on any atom is -0.483 e. The number of nitrogens with zero attached hydrogens (tertiary/aromatic N) is 5. The lowest BCUT2D eigenvalue weighted by Gasteiger charge is -2.59. The summed E-state index contributed by atoms with van der Waals surface area (Å²) >= 11 is 0. The summed E-state index contributed by atoms with van der Waals surface area (Å²) in [5.41, 5.74) is 1.95. The van der Waals surface area contributed by atoms with E-state index in [1.807, 2.05) is 6.92 Å². The third kappa shape index (κ3) is 2.21. The van der Waals surface area contributed by atoms with Crippen LogP contribution in [0, 0.1) is 12.3 Å².